The van der Waals surface area contributed by atoms with Crippen molar-refractivity contribution in [3.05, 3.63) is 52.1 Å². The number of hydrogen-bond acceptors (Lipinski definition) is 3. The minimum absolute atomic E-state index is 0.286. The second kappa shape index (κ2) is 6.78. The first kappa shape index (κ1) is 15.6. The van der Waals surface area contributed by atoms with Crippen LogP contribution < -0.4 is 10.6 Å². The molecule has 0 saturated heterocycles. The first-order valence-corrected chi connectivity index (χ1v) is 7.20. The molecule has 110 valence electrons. The lowest BCUT2D eigenvalue weighted by molar-refractivity contribution is 0.102. The third-order valence-electron chi connectivity index (χ3n) is 2.64. The maximum Gasteiger partial charge on any atom is 0.256 e. The Bertz CT molecular complexity index is 642. The van der Waals surface area contributed by atoms with E-state index in [0.717, 1.165) is 5.69 Å². The largest absolute Gasteiger partial charge is 0.382 e. The molecule has 0 aliphatic heterocycles. The Morgan fingerprint density at radius 1 is 1.14 bits per heavy atom. The minimum atomic E-state index is -0.286. The second-order valence-electron chi connectivity index (χ2n) is 4.81. The zero-order chi connectivity index (χ0) is 15.4. The van der Waals surface area contributed by atoms with Gasteiger partial charge in [0.15, 0.2) is 0 Å². The second-order valence-corrected chi connectivity index (χ2v) is 5.63. The predicted molar refractivity (Wildman–Crippen MR) is 87.4 cm³/mol. The maximum absolute atomic E-state index is 12.1. The number of carbonyl (C=O) groups excluding carboxylic acids is 1. The van der Waals surface area contributed by atoms with Crippen LogP contribution in [0.25, 0.3) is 0 Å². The van der Waals surface area contributed by atoms with Crippen molar-refractivity contribution in [2.24, 2.45) is 0 Å². The highest BCUT2D eigenvalue weighted by Gasteiger charge is 2.09. The van der Waals surface area contributed by atoms with E-state index in [-0.39, 0.29) is 5.91 Å². The Balaban J connectivity index is 2.06. The average Bonchev–Trinajstić information content (AvgIpc) is 2.43. The highest BCUT2D eigenvalue weighted by atomic mass is 35.5. The molecule has 1 aromatic heterocycles. The summed E-state index contributed by atoms with van der Waals surface area (Å²) in [6, 6.07) is 8.63. The van der Waals surface area contributed by atoms with E-state index in [1.165, 1.54) is 6.07 Å². The molecule has 0 unspecified atom stereocenters. The van der Waals surface area contributed by atoms with Gasteiger partial charge in [-0.3, -0.25) is 4.79 Å². The van der Waals surface area contributed by atoms with Crippen molar-refractivity contribution in [2.75, 3.05) is 10.6 Å². The standard InChI is InChI=1S/C15H15Cl2N3O/c1-9(2)19-11-4-6-14(18-8-11)20-15(21)10-3-5-12(16)13(17)7-10/h3-9,19H,1-2H3,(H,18,20,21). The molecule has 0 bridgehead atoms. The molecular weight excluding hydrogens is 309 g/mol. The van der Waals surface area contributed by atoms with Crippen LogP contribution in [0.1, 0.15) is 24.2 Å². The Hall–Kier alpha value is -1.78. The van der Waals surface area contributed by atoms with Crippen LogP contribution in [0, 0.1) is 0 Å². The van der Waals surface area contributed by atoms with E-state index in [2.05, 4.69) is 15.6 Å². The molecule has 0 aliphatic rings. The van der Waals surface area contributed by atoms with Crippen molar-refractivity contribution < 1.29 is 4.79 Å². The van der Waals surface area contributed by atoms with Gasteiger partial charge in [-0.2, -0.15) is 0 Å². The summed E-state index contributed by atoms with van der Waals surface area (Å²) < 4.78 is 0. The van der Waals surface area contributed by atoms with Crippen LogP contribution in [0.2, 0.25) is 10.0 Å². The van der Waals surface area contributed by atoms with Crippen LogP contribution >= 0.6 is 23.2 Å². The summed E-state index contributed by atoms with van der Waals surface area (Å²) >= 11 is 11.7. The molecular formula is C15H15Cl2N3O. The van der Waals surface area contributed by atoms with Gasteiger partial charge < -0.3 is 10.6 Å². The van der Waals surface area contributed by atoms with E-state index in [0.29, 0.717) is 27.5 Å². The van der Waals surface area contributed by atoms with Gasteiger partial charge in [0.25, 0.3) is 5.91 Å². The molecule has 0 aliphatic carbocycles. The molecule has 0 spiro atoms. The highest BCUT2D eigenvalue weighted by molar-refractivity contribution is 6.42. The molecule has 0 radical (unpaired) electrons. The van der Waals surface area contributed by atoms with Crippen molar-refractivity contribution in [1.29, 1.82) is 0 Å². The van der Waals surface area contributed by atoms with Gasteiger partial charge in [-0.05, 0) is 44.2 Å². The van der Waals surface area contributed by atoms with Crippen molar-refractivity contribution in [3.63, 3.8) is 0 Å². The number of amides is 1. The number of hydrogen-bond donors (Lipinski definition) is 2. The summed E-state index contributed by atoms with van der Waals surface area (Å²) in [5, 5.41) is 6.68. The van der Waals surface area contributed by atoms with Crippen LogP contribution in [0.3, 0.4) is 0 Å². The first-order valence-electron chi connectivity index (χ1n) is 6.44. The lowest BCUT2D eigenvalue weighted by Gasteiger charge is -2.10. The van der Waals surface area contributed by atoms with Crippen LogP contribution in [0.5, 0.6) is 0 Å². The summed E-state index contributed by atoms with van der Waals surface area (Å²) in [5.74, 6) is 0.186. The lowest BCUT2D eigenvalue weighted by Crippen LogP contribution is -2.13. The number of nitrogens with one attached hydrogen (secondary N) is 2. The smallest absolute Gasteiger partial charge is 0.256 e. The molecule has 2 N–H and O–H groups in total. The SMILES string of the molecule is CC(C)Nc1ccc(NC(=O)c2ccc(Cl)c(Cl)c2)nc1. The molecule has 1 heterocycles. The van der Waals surface area contributed by atoms with Crippen molar-refractivity contribution in [3.8, 4) is 0 Å². The van der Waals surface area contributed by atoms with Gasteiger partial charge in [0.2, 0.25) is 0 Å². The van der Waals surface area contributed by atoms with E-state index in [1.807, 2.05) is 19.9 Å². The van der Waals surface area contributed by atoms with Crippen molar-refractivity contribution in [2.45, 2.75) is 19.9 Å². The normalized spacial score (nSPS) is 10.5. The number of halogens is 2. The molecule has 4 nitrogen and oxygen atoms in total. The number of anilines is 2. The van der Waals surface area contributed by atoms with Gasteiger partial charge >= 0.3 is 0 Å². The molecule has 0 saturated carbocycles. The van der Waals surface area contributed by atoms with Gasteiger partial charge in [0.1, 0.15) is 5.82 Å². The van der Waals surface area contributed by atoms with Gasteiger partial charge in [0, 0.05) is 11.6 Å². The molecule has 21 heavy (non-hydrogen) atoms. The fraction of sp³-hybridized carbons (Fsp3) is 0.200. The monoisotopic (exact) mass is 323 g/mol. The highest BCUT2D eigenvalue weighted by Crippen LogP contribution is 2.23. The summed E-state index contributed by atoms with van der Waals surface area (Å²) in [7, 11) is 0. The van der Waals surface area contributed by atoms with Gasteiger partial charge in [-0.25, -0.2) is 4.98 Å². The van der Waals surface area contributed by atoms with E-state index in [9.17, 15) is 4.79 Å². The molecule has 1 aromatic carbocycles. The number of rotatable bonds is 4. The molecule has 1 amide bonds. The van der Waals surface area contributed by atoms with Crippen LogP contribution in [0.15, 0.2) is 36.5 Å². The predicted octanol–water partition coefficient (Wildman–Crippen LogP) is 4.46. The fourth-order valence-electron chi connectivity index (χ4n) is 1.71. The molecule has 6 heteroatoms. The van der Waals surface area contributed by atoms with Gasteiger partial charge in [-0.1, -0.05) is 23.2 Å². The molecule has 0 atom stereocenters. The van der Waals surface area contributed by atoms with Gasteiger partial charge in [0.05, 0.1) is 21.9 Å². The number of nitrogens with zero attached hydrogens (tertiary/aromatic N) is 1. The van der Waals surface area contributed by atoms with E-state index >= 15 is 0 Å². The van der Waals surface area contributed by atoms with E-state index < -0.39 is 0 Å². The summed E-state index contributed by atoms with van der Waals surface area (Å²) in [6.45, 7) is 4.08. The molecule has 2 rings (SSSR count). The van der Waals surface area contributed by atoms with E-state index in [1.54, 1.807) is 24.4 Å². The topological polar surface area (TPSA) is 54.0 Å². The van der Waals surface area contributed by atoms with Crippen LogP contribution in [0.4, 0.5) is 11.5 Å². The lowest BCUT2D eigenvalue weighted by atomic mass is 10.2. The summed E-state index contributed by atoms with van der Waals surface area (Å²) in [6.07, 6.45) is 1.67. The number of carbonyl (C=O) groups is 1. The summed E-state index contributed by atoms with van der Waals surface area (Å²) in [5.41, 5.74) is 1.33. The van der Waals surface area contributed by atoms with Gasteiger partial charge in [-0.15, -0.1) is 0 Å². The van der Waals surface area contributed by atoms with Crippen LogP contribution in [-0.4, -0.2) is 16.9 Å². The Morgan fingerprint density at radius 3 is 2.48 bits per heavy atom. The molecule has 2 aromatic rings. The van der Waals surface area contributed by atoms with Crippen molar-refractivity contribution >= 4 is 40.6 Å². The average molecular weight is 324 g/mol. The summed E-state index contributed by atoms with van der Waals surface area (Å²) in [4.78, 5) is 16.3. The Kier molecular flexibility index (Phi) is 5.04. The number of aromatic nitrogens is 1. The number of benzene rings is 1. The van der Waals surface area contributed by atoms with E-state index in [4.69, 9.17) is 23.2 Å². The zero-order valence-electron chi connectivity index (χ0n) is 11.7. The van der Waals surface area contributed by atoms with Crippen LogP contribution in [-0.2, 0) is 0 Å². The third kappa shape index (κ3) is 4.34. The third-order valence-corrected chi connectivity index (χ3v) is 3.38. The zero-order valence-corrected chi connectivity index (χ0v) is 13.2. The Morgan fingerprint density at radius 2 is 1.90 bits per heavy atom. The first-order chi connectivity index (χ1) is 9.95. The number of pyridine rings is 1. The fourth-order valence-corrected chi connectivity index (χ4v) is 2.01. The molecule has 0 fully saturated rings. The van der Waals surface area contributed by atoms with Crippen molar-refractivity contribution in [1.82, 2.24) is 4.98 Å². The quantitative estimate of drug-likeness (QED) is 0.873. The maximum atomic E-state index is 12.1. The Labute approximate surface area is 133 Å². The minimum Gasteiger partial charge on any atom is -0.382 e.